The Morgan fingerprint density at radius 1 is 1.28 bits per heavy atom. The van der Waals surface area contributed by atoms with Crippen molar-refractivity contribution in [1.29, 1.82) is 0 Å². The molecule has 1 aromatic heterocycles. The quantitative estimate of drug-likeness (QED) is 0.905. The van der Waals surface area contributed by atoms with Crippen molar-refractivity contribution >= 4 is 16.8 Å². The smallest absolute Gasteiger partial charge is 0.224 e. The number of hydrogen-bond donors (Lipinski definition) is 2. The zero-order valence-corrected chi connectivity index (χ0v) is 15.4. The molecule has 0 bridgehead atoms. The number of fused-ring (bicyclic) bond motifs is 4. The van der Waals surface area contributed by atoms with Crippen molar-refractivity contribution in [1.82, 2.24) is 15.2 Å². The monoisotopic (exact) mass is 337 g/mol. The molecule has 4 nitrogen and oxygen atoms in total. The van der Waals surface area contributed by atoms with Crippen LogP contribution in [-0.2, 0) is 23.3 Å². The minimum atomic E-state index is -0.335. The minimum absolute atomic E-state index is 0.226. The van der Waals surface area contributed by atoms with Crippen LogP contribution in [0.3, 0.4) is 0 Å². The molecule has 3 atom stereocenters. The van der Waals surface area contributed by atoms with E-state index in [1.165, 1.54) is 34.1 Å². The number of carbonyl (C=O) groups excluding carboxylic acids is 1. The standard InChI is InChI=1S/C21H27N3O/c1-12-6-4-7-13-18(16-8-5-9-24(16)19(12)13)21(2,3)23-20(25)17-14-10-22-11-15(14)17/h4,6-7,14-15,17,22H,5,8-11H2,1-3H3,(H,23,25)/t14-,15+,17+. The van der Waals surface area contributed by atoms with Gasteiger partial charge in [-0.05, 0) is 64.1 Å². The van der Waals surface area contributed by atoms with Gasteiger partial charge < -0.3 is 15.2 Å². The van der Waals surface area contributed by atoms with Crippen LogP contribution in [0.1, 0.15) is 37.1 Å². The second-order valence-corrected chi connectivity index (χ2v) is 8.67. The van der Waals surface area contributed by atoms with Crippen LogP contribution in [0.4, 0.5) is 0 Å². The van der Waals surface area contributed by atoms with Gasteiger partial charge in [0.05, 0.1) is 11.1 Å². The van der Waals surface area contributed by atoms with Gasteiger partial charge in [0, 0.05) is 29.1 Å². The first-order valence-electron chi connectivity index (χ1n) is 9.63. The molecule has 0 radical (unpaired) electrons. The largest absolute Gasteiger partial charge is 0.347 e. The Morgan fingerprint density at radius 3 is 2.80 bits per heavy atom. The van der Waals surface area contributed by atoms with Crippen LogP contribution in [0.2, 0.25) is 0 Å². The average molecular weight is 337 g/mol. The Bertz CT molecular complexity index is 869. The van der Waals surface area contributed by atoms with E-state index in [2.05, 4.69) is 54.2 Å². The fourth-order valence-electron chi connectivity index (χ4n) is 5.51. The van der Waals surface area contributed by atoms with E-state index >= 15 is 0 Å². The number of amides is 1. The van der Waals surface area contributed by atoms with Crippen molar-refractivity contribution in [3.63, 3.8) is 0 Å². The van der Waals surface area contributed by atoms with Gasteiger partial charge in [0.2, 0.25) is 5.91 Å². The van der Waals surface area contributed by atoms with E-state index < -0.39 is 0 Å². The summed E-state index contributed by atoms with van der Waals surface area (Å²) >= 11 is 0. The van der Waals surface area contributed by atoms with Gasteiger partial charge in [-0.15, -0.1) is 0 Å². The maximum atomic E-state index is 12.9. The molecule has 4 heteroatoms. The molecule has 0 unspecified atom stereocenters. The normalized spacial score (nSPS) is 27.4. The number of nitrogens with zero attached hydrogens (tertiary/aromatic N) is 1. The van der Waals surface area contributed by atoms with Gasteiger partial charge in [-0.3, -0.25) is 4.79 Å². The Kier molecular flexibility index (Phi) is 3.15. The van der Waals surface area contributed by atoms with E-state index in [1.54, 1.807) is 0 Å². The van der Waals surface area contributed by atoms with Crippen LogP contribution in [0, 0.1) is 24.7 Å². The van der Waals surface area contributed by atoms with Gasteiger partial charge in [0.25, 0.3) is 0 Å². The number of para-hydroxylation sites is 1. The van der Waals surface area contributed by atoms with Gasteiger partial charge in [0.1, 0.15) is 0 Å². The third-order valence-corrected chi connectivity index (χ3v) is 6.64. The molecule has 5 rings (SSSR count). The Hall–Kier alpha value is -1.81. The highest BCUT2D eigenvalue weighted by atomic mass is 16.2. The predicted octanol–water partition coefficient (Wildman–Crippen LogP) is 2.71. The lowest BCUT2D eigenvalue weighted by molar-refractivity contribution is -0.124. The van der Waals surface area contributed by atoms with Crippen molar-refractivity contribution < 1.29 is 4.79 Å². The molecule has 2 aromatic rings. The summed E-state index contributed by atoms with van der Waals surface area (Å²) in [5, 5.41) is 8.11. The molecule has 1 aromatic carbocycles. The lowest BCUT2D eigenvalue weighted by Gasteiger charge is -2.28. The lowest BCUT2D eigenvalue weighted by atomic mass is 9.89. The van der Waals surface area contributed by atoms with E-state index in [4.69, 9.17) is 0 Å². The van der Waals surface area contributed by atoms with Crippen LogP contribution < -0.4 is 10.6 Å². The number of hydrogen-bond acceptors (Lipinski definition) is 2. The molecule has 2 fully saturated rings. The summed E-state index contributed by atoms with van der Waals surface area (Å²) < 4.78 is 2.49. The highest BCUT2D eigenvalue weighted by Gasteiger charge is 2.57. The van der Waals surface area contributed by atoms with E-state index in [1.807, 2.05) is 0 Å². The van der Waals surface area contributed by atoms with E-state index in [0.29, 0.717) is 11.8 Å². The summed E-state index contributed by atoms with van der Waals surface area (Å²) in [6.45, 7) is 9.66. The topological polar surface area (TPSA) is 46.1 Å². The second-order valence-electron chi connectivity index (χ2n) is 8.67. The van der Waals surface area contributed by atoms with Crippen molar-refractivity contribution in [3.8, 4) is 0 Å². The Morgan fingerprint density at radius 2 is 2.04 bits per heavy atom. The molecule has 3 heterocycles. The van der Waals surface area contributed by atoms with Gasteiger partial charge in [-0.2, -0.15) is 0 Å². The van der Waals surface area contributed by atoms with Gasteiger partial charge in [0.15, 0.2) is 0 Å². The first-order valence-corrected chi connectivity index (χ1v) is 9.63. The number of piperidine rings is 1. The van der Waals surface area contributed by atoms with E-state index in [9.17, 15) is 4.79 Å². The summed E-state index contributed by atoms with van der Waals surface area (Å²) in [5.41, 5.74) is 5.11. The van der Waals surface area contributed by atoms with Gasteiger partial charge >= 0.3 is 0 Å². The summed E-state index contributed by atoms with van der Waals surface area (Å²) in [5.74, 6) is 1.61. The molecule has 1 saturated heterocycles. The van der Waals surface area contributed by atoms with E-state index in [-0.39, 0.29) is 17.4 Å². The fourth-order valence-corrected chi connectivity index (χ4v) is 5.51. The second kappa shape index (κ2) is 5.10. The van der Waals surface area contributed by atoms with Crippen molar-refractivity contribution in [2.75, 3.05) is 13.1 Å². The van der Waals surface area contributed by atoms with Crippen LogP contribution in [0.15, 0.2) is 18.2 Å². The van der Waals surface area contributed by atoms with Crippen LogP contribution >= 0.6 is 0 Å². The zero-order chi connectivity index (χ0) is 17.3. The molecule has 0 spiro atoms. The van der Waals surface area contributed by atoms with E-state index in [0.717, 1.165) is 26.1 Å². The highest BCUT2D eigenvalue weighted by molar-refractivity contribution is 5.91. The van der Waals surface area contributed by atoms with Crippen LogP contribution in [0.5, 0.6) is 0 Å². The number of rotatable bonds is 3. The molecule has 2 N–H and O–H groups in total. The highest BCUT2D eigenvalue weighted by Crippen LogP contribution is 2.49. The zero-order valence-electron chi connectivity index (χ0n) is 15.4. The van der Waals surface area contributed by atoms with Gasteiger partial charge in [-0.1, -0.05) is 18.2 Å². The summed E-state index contributed by atoms with van der Waals surface area (Å²) in [6.07, 6.45) is 2.32. The van der Waals surface area contributed by atoms with Crippen molar-refractivity contribution in [2.45, 2.75) is 45.7 Å². The Labute approximate surface area is 149 Å². The number of benzene rings is 1. The third-order valence-electron chi connectivity index (χ3n) is 6.64. The first kappa shape index (κ1) is 15.4. The van der Waals surface area contributed by atoms with Crippen molar-refractivity contribution in [2.24, 2.45) is 17.8 Å². The fraction of sp³-hybridized carbons (Fsp3) is 0.571. The number of aromatic nitrogens is 1. The van der Waals surface area contributed by atoms with Crippen molar-refractivity contribution in [3.05, 3.63) is 35.0 Å². The maximum absolute atomic E-state index is 12.9. The van der Waals surface area contributed by atoms with Crippen LogP contribution in [-0.4, -0.2) is 23.6 Å². The Balaban J connectivity index is 1.54. The predicted molar refractivity (Wildman–Crippen MR) is 99.5 cm³/mol. The number of nitrogens with one attached hydrogen (secondary N) is 2. The maximum Gasteiger partial charge on any atom is 0.224 e. The summed E-state index contributed by atoms with van der Waals surface area (Å²) in [6, 6.07) is 6.57. The molecular formula is C21H27N3O. The molecule has 1 amide bonds. The SMILES string of the molecule is Cc1cccc2c(C(C)(C)NC(=O)[C@H]3[C@@H]4CNC[C@@H]43)c3n(c12)CCC3. The molecule has 1 saturated carbocycles. The summed E-state index contributed by atoms with van der Waals surface area (Å²) in [7, 11) is 0. The van der Waals surface area contributed by atoms with Gasteiger partial charge in [-0.25, -0.2) is 0 Å². The first-order chi connectivity index (χ1) is 12.0. The van der Waals surface area contributed by atoms with Crippen LogP contribution in [0.25, 0.3) is 10.9 Å². The molecule has 25 heavy (non-hydrogen) atoms. The number of carbonyl (C=O) groups is 1. The molecule has 3 aliphatic rings. The average Bonchev–Trinajstić information content (AvgIpc) is 2.94. The molecule has 1 aliphatic carbocycles. The minimum Gasteiger partial charge on any atom is -0.347 e. The number of aryl methyl sites for hydroxylation is 2. The molecule has 132 valence electrons. The molecule has 2 aliphatic heterocycles. The lowest BCUT2D eigenvalue weighted by Crippen LogP contribution is -2.43. The summed E-state index contributed by atoms with van der Waals surface area (Å²) in [4.78, 5) is 12.9. The third kappa shape index (κ3) is 2.13. The molecular weight excluding hydrogens is 310 g/mol.